The van der Waals surface area contributed by atoms with E-state index >= 15 is 0 Å². The van der Waals surface area contributed by atoms with Crippen molar-refractivity contribution in [2.24, 2.45) is 5.10 Å². The second-order valence-corrected chi connectivity index (χ2v) is 7.60. The van der Waals surface area contributed by atoms with Crippen LogP contribution in [0.4, 0.5) is 10.5 Å². The Morgan fingerprint density at radius 2 is 1.62 bits per heavy atom. The van der Waals surface area contributed by atoms with Gasteiger partial charge in [-0.15, -0.1) is 0 Å². The van der Waals surface area contributed by atoms with Crippen LogP contribution < -0.4 is 10.7 Å². The molecule has 26 heavy (non-hydrogen) atoms. The van der Waals surface area contributed by atoms with Crippen molar-refractivity contribution in [1.29, 1.82) is 0 Å². The van der Waals surface area contributed by atoms with Crippen LogP contribution in [0.15, 0.2) is 46.0 Å². The first-order valence-corrected chi connectivity index (χ1v) is 9.29. The minimum Gasteiger partial charge on any atom is -0.507 e. The van der Waals surface area contributed by atoms with Crippen molar-refractivity contribution in [1.82, 2.24) is 5.43 Å². The van der Waals surface area contributed by atoms with Crippen molar-refractivity contribution in [3.8, 4) is 5.75 Å². The number of hydrogen-bond donors (Lipinski definition) is 3. The standard InChI is InChI=1S/C20H24BrN3O2/c1-12(2)17-9-14(10-18(13(3)4)19(17)25)11-22-24-20(26)23-16-7-5-15(21)6-8-16/h5-13,25H,1-4H3,(H2,23,24,26)/b22-11-. The molecule has 3 N–H and O–H groups in total. The van der Waals surface area contributed by atoms with E-state index in [1.807, 2.05) is 52.0 Å². The van der Waals surface area contributed by atoms with Crippen molar-refractivity contribution >= 4 is 33.9 Å². The van der Waals surface area contributed by atoms with Crippen molar-refractivity contribution < 1.29 is 9.90 Å². The first-order chi connectivity index (χ1) is 12.3. The Balaban J connectivity index is 2.09. The Labute approximate surface area is 162 Å². The van der Waals surface area contributed by atoms with Gasteiger partial charge in [0.2, 0.25) is 0 Å². The zero-order valence-corrected chi connectivity index (χ0v) is 17.0. The van der Waals surface area contributed by atoms with Gasteiger partial charge in [-0.25, -0.2) is 10.2 Å². The number of phenolic OH excluding ortho intramolecular Hbond substituents is 1. The lowest BCUT2D eigenvalue weighted by Gasteiger charge is -2.16. The lowest BCUT2D eigenvalue weighted by Crippen LogP contribution is -2.24. The Kier molecular flexibility index (Phi) is 6.80. The third-order valence-electron chi connectivity index (χ3n) is 3.92. The molecule has 0 aromatic heterocycles. The fraction of sp³-hybridized carbons (Fsp3) is 0.300. The first-order valence-electron chi connectivity index (χ1n) is 8.50. The van der Waals surface area contributed by atoms with Crippen molar-refractivity contribution in [3.05, 3.63) is 57.6 Å². The van der Waals surface area contributed by atoms with Crippen LogP contribution in [0.2, 0.25) is 0 Å². The average Bonchev–Trinajstić information content (AvgIpc) is 2.57. The van der Waals surface area contributed by atoms with E-state index < -0.39 is 6.03 Å². The van der Waals surface area contributed by atoms with Gasteiger partial charge in [-0.2, -0.15) is 5.10 Å². The normalized spacial score (nSPS) is 11.3. The van der Waals surface area contributed by atoms with Gasteiger partial charge in [-0.05, 0) is 64.9 Å². The van der Waals surface area contributed by atoms with Gasteiger partial charge >= 0.3 is 6.03 Å². The number of halogens is 1. The van der Waals surface area contributed by atoms with E-state index in [-0.39, 0.29) is 11.8 Å². The Morgan fingerprint density at radius 1 is 1.08 bits per heavy atom. The molecule has 2 amide bonds. The van der Waals surface area contributed by atoms with Crippen molar-refractivity contribution in [2.45, 2.75) is 39.5 Å². The molecule has 0 aliphatic rings. The van der Waals surface area contributed by atoms with Crippen LogP contribution >= 0.6 is 15.9 Å². The molecule has 2 rings (SSSR count). The van der Waals surface area contributed by atoms with Crippen LogP contribution in [0.1, 0.15) is 56.2 Å². The molecule has 0 spiro atoms. The summed E-state index contributed by atoms with van der Waals surface area (Å²) in [5.74, 6) is 0.720. The Bertz CT molecular complexity index is 770. The maximum Gasteiger partial charge on any atom is 0.339 e. The molecule has 0 radical (unpaired) electrons. The zero-order chi connectivity index (χ0) is 19.3. The third-order valence-corrected chi connectivity index (χ3v) is 4.45. The van der Waals surface area contributed by atoms with Gasteiger partial charge in [0.15, 0.2) is 0 Å². The third kappa shape index (κ3) is 5.33. The smallest absolute Gasteiger partial charge is 0.339 e. The summed E-state index contributed by atoms with van der Waals surface area (Å²) in [6.45, 7) is 8.13. The molecule has 0 bridgehead atoms. The number of anilines is 1. The van der Waals surface area contributed by atoms with E-state index in [0.29, 0.717) is 11.4 Å². The lowest BCUT2D eigenvalue weighted by atomic mass is 9.92. The minimum atomic E-state index is -0.421. The second kappa shape index (κ2) is 8.85. The number of amides is 2. The van der Waals surface area contributed by atoms with E-state index in [1.54, 1.807) is 18.3 Å². The largest absolute Gasteiger partial charge is 0.507 e. The Hall–Kier alpha value is -2.34. The van der Waals surface area contributed by atoms with Gasteiger partial charge < -0.3 is 10.4 Å². The van der Waals surface area contributed by atoms with E-state index in [2.05, 4.69) is 31.8 Å². The van der Waals surface area contributed by atoms with E-state index in [9.17, 15) is 9.90 Å². The van der Waals surface area contributed by atoms with E-state index in [4.69, 9.17) is 0 Å². The average molecular weight is 418 g/mol. The highest BCUT2D eigenvalue weighted by Crippen LogP contribution is 2.34. The summed E-state index contributed by atoms with van der Waals surface area (Å²) in [5, 5.41) is 17.1. The lowest BCUT2D eigenvalue weighted by molar-refractivity contribution is 0.252. The minimum absolute atomic E-state index is 0.189. The molecule has 0 atom stereocenters. The second-order valence-electron chi connectivity index (χ2n) is 6.69. The fourth-order valence-corrected chi connectivity index (χ4v) is 2.78. The molecule has 138 valence electrons. The molecule has 6 heteroatoms. The maximum absolute atomic E-state index is 11.9. The molecule has 2 aromatic rings. The van der Waals surface area contributed by atoms with Gasteiger partial charge in [0, 0.05) is 10.2 Å². The number of hydrazone groups is 1. The van der Waals surface area contributed by atoms with Gasteiger partial charge in [-0.3, -0.25) is 0 Å². The van der Waals surface area contributed by atoms with Crippen LogP contribution in [-0.2, 0) is 0 Å². The van der Waals surface area contributed by atoms with Gasteiger partial charge in [0.05, 0.1) is 6.21 Å². The number of benzene rings is 2. The number of nitrogens with zero attached hydrogens (tertiary/aromatic N) is 1. The summed E-state index contributed by atoms with van der Waals surface area (Å²) < 4.78 is 0.940. The van der Waals surface area contributed by atoms with Crippen LogP contribution in [0.3, 0.4) is 0 Å². The zero-order valence-electron chi connectivity index (χ0n) is 15.4. The quantitative estimate of drug-likeness (QED) is 0.440. The molecule has 0 heterocycles. The van der Waals surface area contributed by atoms with Gasteiger partial charge in [0.1, 0.15) is 5.75 Å². The van der Waals surface area contributed by atoms with Crippen molar-refractivity contribution in [2.75, 3.05) is 5.32 Å². The summed E-state index contributed by atoms with van der Waals surface area (Å²) in [7, 11) is 0. The van der Waals surface area contributed by atoms with Gasteiger partial charge in [-0.1, -0.05) is 43.6 Å². The van der Waals surface area contributed by atoms with Crippen LogP contribution in [-0.4, -0.2) is 17.4 Å². The predicted octanol–water partition coefficient (Wildman–Crippen LogP) is 5.56. The molecular weight excluding hydrogens is 394 g/mol. The molecule has 2 aromatic carbocycles. The van der Waals surface area contributed by atoms with Crippen molar-refractivity contribution in [3.63, 3.8) is 0 Å². The molecule has 0 unspecified atom stereocenters. The molecule has 0 saturated heterocycles. The highest BCUT2D eigenvalue weighted by atomic mass is 79.9. The number of phenols is 1. The van der Waals surface area contributed by atoms with Gasteiger partial charge in [0.25, 0.3) is 0 Å². The number of carbonyl (C=O) groups is 1. The first kappa shape index (κ1) is 20.0. The van der Waals surface area contributed by atoms with Crippen LogP contribution in [0.5, 0.6) is 5.75 Å². The predicted molar refractivity (Wildman–Crippen MR) is 110 cm³/mol. The maximum atomic E-state index is 11.9. The Morgan fingerprint density at radius 3 is 2.12 bits per heavy atom. The molecule has 5 nitrogen and oxygen atoms in total. The molecular formula is C20H24BrN3O2. The highest BCUT2D eigenvalue weighted by molar-refractivity contribution is 9.10. The summed E-state index contributed by atoms with van der Waals surface area (Å²) in [6.07, 6.45) is 1.58. The summed E-state index contributed by atoms with van der Waals surface area (Å²) in [5.41, 5.74) is 5.70. The summed E-state index contributed by atoms with van der Waals surface area (Å²) in [6, 6.07) is 10.6. The number of carbonyl (C=O) groups excluding carboxylic acids is 1. The van der Waals surface area contributed by atoms with E-state index in [1.165, 1.54) is 0 Å². The molecule has 0 aliphatic carbocycles. The van der Waals surface area contributed by atoms with Crippen LogP contribution in [0.25, 0.3) is 0 Å². The molecule has 0 aliphatic heterocycles. The number of rotatable bonds is 5. The number of aromatic hydroxyl groups is 1. The summed E-state index contributed by atoms with van der Waals surface area (Å²) >= 11 is 3.35. The molecule has 0 fully saturated rings. The SMILES string of the molecule is CC(C)c1cc(/C=N\NC(=O)Nc2ccc(Br)cc2)cc(C(C)C)c1O. The van der Waals surface area contributed by atoms with Crippen LogP contribution in [0, 0.1) is 0 Å². The molecule has 0 saturated carbocycles. The fourth-order valence-electron chi connectivity index (χ4n) is 2.52. The topological polar surface area (TPSA) is 73.7 Å². The van der Waals surface area contributed by atoms with E-state index in [0.717, 1.165) is 21.2 Å². The number of urea groups is 1. The number of nitrogens with one attached hydrogen (secondary N) is 2. The number of hydrogen-bond acceptors (Lipinski definition) is 3. The summed E-state index contributed by atoms with van der Waals surface area (Å²) in [4.78, 5) is 11.9. The monoisotopic (exact) mass is 417 g/mol. The highest BCUT2D eigenvalue weighted by Gasteiger charge is 2.14.